The number of ether oxygens (including phenoxy) is 1. The molecule has 6 nitrogen and oxygen atoms in total. The lowest BCUT2D eigenvalue weighted by molar-refractivity contribution is -0.126. The van der Waals surface area contributed by atoms with Crippen LogP contribution in [-0.2, 0) is 9.59 Å². The number of hydrogen-bond acceptors (Lipinski definition) is 4. The summed E-state index contributed by atoms with van der Waals surface area (Å²) in [6.07, 6.45) is -0.816. The number of carbonyl (C=O) groups excluding carboxylic acids is 2. The molecule has 3 atom stereocenters. The van der Waals surface area contributed by atoms with Crippen LogP contribution in [0, 0.1) is 0 Å². The molecule has 24 heavy (non-hydrogen) atoms. The second-order valence-corrected chi connectivity index (χ2v) is 5.70. The number of carbonyl (C=O) groups is 2. The van der Waals surface area contributed by atoms with Crippen molar-refractivity contribution >= 4 is 17.5 Å². The minimum Gasteiger partial charge on any atom is -0.479 e. The monoisotopic (exact) mass is 325 g/mol. The molecule has 0 saturated heterocycles. The minimum atomic E-state index is -0.816. The first-order chi connectivity index (χ1) is 11.6. The number of anilines is 1. The van der Waals surface area contributed by atoms with Gasteiger partial charge in [-0.15, -0.1) is 0 Å². The molecule has 1 aliphatic heterocycles. The number of benzene rings is 2. The maximum atomic E-state index is 12.5. The van der Waals surface area contributed by atoms with Gasteiger partial charge in [0.1, 0.15) is 5.75 Å². The lowest BCUT2D eigenvalue weighted by Gasteiger charge is -2.34. The second kappa shape index (κ2) is 6.72. The number of primary amides is 1. The Bertz CT molecular complexity index is 748. The third-order valence-electron chi connectivity index (χ3n) is 3.98. The zero-order valence-electron chi connectivity index (χ0n) is 13.2. The van der Waals surface area contributed by atoms with Crippen LogP contribution < -0.4 is 21.1 Å². The van der Waals surface area contributed by atoms with E-state index in [1.54, 1.807) is 19.1 Å². The fraction of sp³-hybridized carbons (Fsp3) is 0.222. The molecule has 2 amide bonds. The minimum absolute atomic E-state index is 0.272. The number of nitrogens with one attached hydrogen (secondary N) is 2. The number of rotatable bonds is 5. The predicted octanol–water partition coefficient (Wildman–Crippen LogP) is 1.59. The molecule has 124 valence electrons. The van der Waals surface area contributed by atoms with Crippen LogP contribution in [0.1, 0.15) is 18.5 Å². The van der Waals surface area contributed by atoms with Gasteiger partial charge in [0.05, 0.1) is 12.1 Å². The highest BCUT2D eigenvalue weighted by molar-refractivity contribution is 5.98. The van der Waals surface area contributed by atoms with Gasteiger partial charge in [0.25, 0.3) is 5.91 Å². The van der Waals surface area contributed by atoms with Crippen LogP contribution in [0.2, 0.25) is 0 Å². The molecule has 2 aromatic rings. The zero-order chi connectivity index (χ0) is 17.1. The normalized spacial score (nSPS) is 20.6. The topological polar surface area (TPSA) is 93.4 Å². The van der Waals surface area contributed by atoms with E-state index in [0.717, 1.165) is 5.56 Å². The first-order valence-corrected chi connectivity index (χ1v) is 7.73. The largest absolute Gasteiger partial charge is 0.479 e. The van der Waals surface area contributed by atoms with E-state index in [4.69, 9.17) is 10.5 Å². The maximum absolute atomic E-state index is 12.5. The molecule has 1 aliphatic rings. The number of nitrogens with two attached hydrogens (primary N) is 1. The Morgan fingerprint density at radius 2 is 1.83 bits per heavy atom. The van der Waals surface area contributed by atoms with Crippen molar-refractivity contribution in [1.29, 1.82) is 0 Å². The summed E-state index contributed by atoms with van der Waals surface area (Å²) in [5.41, 5.74) is 6.91. The number of para-hydroxylation sites is 2. The van der Waals surface area contributed by atoms with Gasteiger partial charge in [-0.25, -0.2) is 0 Å². The van der Waals surface area contributed by atoms with Crippen molar-refractivity contribution in [3.05, 3.63) is 60.2 Å². The summed E-state index contributed by atoms with van der Waals surface area (Å²) >= 11 is 0. The highest BCUT2D eigenvalue weighted by atomic mass is 16.5. The Labute approximate surface area is 140 Å². The molecule has 3 rings (SSSR count). The SMILES string of the molecule is C[C@H](N[C@H]1c2ccccc2NC(=O)[C@@H]1Oc1ccccc1)C(N)=O. The second-order valence-electron chi connectivity index (χ2n) is 5.70. The molecular weight excluding hydrogens is 306 g/mol. The number of fused-ring (bicyclic) bond motifs is 1. The van der Waals surface area contributed by atoms with Crippen molar-refractivity contribution in [2.75, 3.05) is 5.32 Å². The quantitative estimate of drug-likeness (QED) is 0.778. The van der Waals surface area contributed by atoms with E-state index in [1.807, 2.05) is 42.5 Å². The van der Waals surface area contributed by atoms with Crippen molar-refractivity contribution in [2.45, 2.75) is 25.1 Å². The van der Waals surface area contributed by atoms with Crippen LogP contribution in [0.4, 0.5) is 5.69 Å². The summed E-state index contributed by atoms with van der Waals surface area (Å²) in [7, 11) is 0. The van der Waals surface area contributed by atoms with Crippen molar-refractivity contribution in [1.82, 2.24) is 5.32 Å². The molecule has 0 fully saturated rings. The summed E-state index contributed by atoms with van der Waals surface area (Å²) in [6.45, 7) is 1.66. The molecule has 0 saturated carbocycles. The van der Waals surface area contributed by atoms with Crippen LogP contribution in [0.3, 0.4) is 0 Å². The van der Waals surface area contributed by atoms with Crippen LogP contribution >= 0.6 is 0 Å². The molecule has 0 spiro atoms. The van der Waals surface area contributed by atoms with E-state index in [9.17, 15) is 9.59 Å². The van der Waals surface area contributed by atoms with Gasteiger partial charge in [-0.2, -0.15) is 0 Å². The first-order valence-electron chi connectivity index (χ1n) is 7.73. The van der Waals surface area contributed by atoms with Gasteiger partial charge in [-0.05, 0) is 30.7 Å². The van der Waals surface area contributed by atoms with Crippen molar-refractivity contribution in [3.63, 3.8) is 0 Å². The lowest BCUT2D eigenvalue weighted by atomic mass is 9.94. The van der Waals surface area contributed by atoms with Crippen LogP contribution in [0.25, 0.3) is 0 Å². The van der Waals surface area contributed by atoms with Crippen molar-refractivity contribution in [3.8, 4) is 5.75 Å². The van der Waals surface area contributed by atoms with Crippen LogP contribution in [0.15, 0.2) is 54.6 Å². The van der Waals surface area contributed by atoms with Gasteiger partial charge in [-0.1, -0.05) is 36.4 Å². The van der Waals surface area contributed by atoms with E-state index < -0.39 is 24.1 Å². The van der Waals surface area contributed by atoms with Gasteiger partial charge < -0.3 is 15.8 Å². The first kappa shape index (κ1) is 16.0. The van der Waals surface area contributed by atoms with Crippen LogP contribution in [-0.4, -0.2) is 24.0 Å². The highest BCUT2D eigenvalue weighted by Crippen LogP contribution is 2.33. The highest BCUT2D eigenvalue weighted by Gasteiger charge is 2.38. The Morgan fingerprint density at radius 3 is 2.54 bits per heavy atom. The van der Waals surface area contributed by atoms with E-state index in [0.29, 0.717) is 11.4 Å². The van der Waals surface area contributed by atoms with Gasteiger partial charge in [0.15, 0.2) is 6.10 Å². The molecule has 4 N–H and O–H groups in total. The number of amides is 2. The molecular formula is C18H19N3O3. The summed E-state index contributed by atoms with van der Waals surface area (Å²) in [4.78, 5) is 24.0. The average molecular weight is 325 g/mol. The van der Waals surface area contributed by atoms with Gasteiger partial charge in [0, 0.05) is 5.69 Å². The number of hydrogen-bond donors (Lipinski definition) is 3. The smallest absolute Gasteiger partial charge is 0.267 e. The van der Waals surface area contributed by atoms with Crippen LogP contribution in [0.5, 0.6) is 5.75 Å². The van der Waals surface area contributed by atoms with E-state index in [2.05, 4.69) is 10.6 Å². The van der Waals surface area contributed by atoms with Crippen molar-refractivity contribution in [2.24, 2.45) is 5.73 Å². The third kappa shape index (κ3) is 3.23. The molecule has 1 heterocycles. The molecule has 0 radical (unpaired) electrons. The summed E-state index contributed by atoms with van der Waals surface area (Å²) in [5, 5.41) is 5.96. The maximum Gasteiger partial charge on any atom is 0.267 e. The summed E-state index contributed by atoms with van der Waals surface area (Å²) < 4.78 is 5.89. The predicted molar refractivity (Wildman–Crippen MR) is 90.5 cm³/mol. The summed E-state index contributed by atoms with van der Waals surface area (Å²) in [5.74, 6) is -0.181. The molecule has 2 aromatic carbocycles. The Balaban J connectivity index is 1.95. The Morgan fingerprint density at radius 1 is 1.17 bits per heavy atom. The van der Waals surface area contributed by atoms with E-state index in [-0.39, 0.29) is 5.91 Å². The van der Waals surface area contributed by atoms with Gasteiger partial charge in [0.2, 0.25) is 5.91 Å². The molecule has 0 unspecified atom stereocenters. The molecule has 0 aromatic heterocycles. The van der Waals surface area contributed by atoms with Gasteiger partial charge >= 0.3 is 0 Å². The van der Waals surface area contributed by atoms with E-state index in [1.165, 1.54) is 0 Å². The molecule has 6 heteroatoms. The fourth-order valence-corrected chi connectivity index (χ4v) is 2.70. The lowest BCUT2D eigenvalue weighted by Crippen LogP contribution is -2.52. The molecule has 0 aliphatic carbocycles. The molecule has 0 bridgehead atoms. The van der Waals surface area contributed by atoms with E-state index >= 15 is 0 Å². The average Bonchev–Trinajstić information content (AvgIpc) is 2.58. The summed E-state index contributed by atoms with van der Waals surface area (Å²) in [6, 6.07) is 15.4. The Hall–Kier alpha value is -2.86. The van der Waals surface area contributed by atoms with Gasteiger partial charge in [-0.3, -0.25) is 14.9 Å². The standard InChI is InChI=1S/C18H19N3O3/c1-11(17(19)22)20-15-13-9-5-6-10-14(13)21-18(23)16(15)24-12-7-3-2-4-8-12/h2-11,15-16,20H,1H3,(H2,19,22)(H,21,23)/t11-,15-,16+/m0/s1. The zero-order valence-corrected chi connectivity index (χ0v) is 13.2. The fourth-order valence-electron chi connectivity index (χ4n) is 2.70. The van der Waals surface area contributed by atoms with Crippen molar-refractivity contribution < 1.29 is 14.3 Å². The third-order valence-corrected chi connectivity index (χ3v) is 3.98. The Kier molecular flexibility index (Phi) is 4.48.